The van der Waals surface area contributed by atoms with Gasteiger partial charge < -0.3 is 9.84 Å². The van der Waals surface area contributed by atoms with E-state index in [1.807, 2.05) is 0 Å². The van der Waals surface area contributed by atoms with Gasteiger partial charge in [-0.1, -0.05) is 11.6 Å². The van der Waals surface area contributed by atoms with Gasteiger partial charge in [-0.25, -0.2) is 0 Å². The van der Waals surface area contributed by atoms with E-state index in [1.54, 1.807) is 19.1 Å². The number of halogens is 1. The van der Waals surface area contributed by atoms with E-state index < -0.39 is 11.0 Å². The molecule has 1 aromatic carbocycles. The average Bonchev–Trinajstić information content (AvgIpc) is 2.39. The van der Waals surface area contributed by atoms with Gasteiger partial charge in [0.25, 0.3) is 5.69 Å². The van der Waals surface area contributed by atoms with Gasteiger partial charge >= 0.3 is 0 Å². The van der Waals surface area contributed by atoms with E-state index in [0.717, 1.165) is 0 Å². The van der Waals surface area contributed by atoms with E-state index in [9.17, 15) is 15.2 Å². The lowest BCUT2D eigenvalue weighted by Crippen LogP contribution is -1.95. The Hall–Kier alpha value is -2.18. The van der Waals surface area contributed by atoms with E-state index in [-0.39, 0.29) is 10.7 Å². The second-order valence-corrected chi connectivity index (χ2v) is 4.47. The lowest BCUT2D eigenvalue weighted by atomic mass is 10.2. The molecule has 6 nitrogen and oxygen atoms in total. The molecule has 0 bridgehead atoms. The number of aromatic nitrogens is 1. The zero-order chi connectivity index (χ0) is 14.7. The van der Waals surface area contributed by atoms with Gasteiger partial charge in [-0.3, -0.25) is 15.1 Å². The van der Waals surface area contributed by atoms with Crippen LogP contribution in [-0.4, -0.2) is 15.0 Å². The summed E-state index contributed by atoms with van der Waals surface area (Å²) in [4.78, 5) is 14.1. The lowest BCUT2D eigenvalue weighted by molar-refractivity contribution is -0.384. The predicted molar refractivity (Wildman–Crippen MR) is 73.1 cm³/mol. The number of nitro benzene ring substituents is 1. The second kappa shape index (κ2) is 5.85. The Morgan fingerprint density at radius 2 is 2.05 bits per heavy atom. The van der Waals surface area contributed by atoms with E-state index in [0.29, 0.717) is 17.2 Å². The third kappa shape index (κ3) is 3.23. The monoisotopic (exact) mass is 294 g/mol. The third-order valence-electron chi connectivity index (χ3n) is 2.54. The molecule has 0 saturated heterocycles. The highest BCUT2D eigenvalue weighted by Gasteiger charge is 2.13. The Bertz CT molecular complexity index is 629. The maximum absolute atomic E-state index is 10.6. The second-order valence-electron chi connectivity index (χ2n) is 4.07. The van der Waals surface area contributed by atoms with Crippen molar-refractivity contribution in [2.45, 2.75) is 13.0 Å². The van der Waals surface area contributed by atoms with E-state index in [1.165, 1.54) is 24.4 Å². The fraction of sp³-hybridized carbons (Fsp3) is 0.154. The Kier molecular flexibility index (Phi) is 4.16. The van der Waals surface area contributed by atoms with Crippen LogP contribution in [0.2, 0.25) is 5.02 Å². The summed E-state index contributed by atoms with van der Waals surface area (Å²) in [5.41, 5.74) is 0.348. The lowest BCUT2D eigenvalue weighted by Gasteiger charge is -2.07. The molecule has 20 heavy (non-hydrogen) atoms. The molecule has 0 amide bonds. The molecule has 1 heterocycles. The fourth-order valence-electron chi connectivity index (χ4n) is 1.53. The van der Waals surface area contributed by atoms with Crippen molar-refractivity contribution in [3.63, 3.8) is 0 Å². The highest BCUT2D eigenvalue weighted by atomic mass is 35.5. The van der Waals surface area contributed by atoms with Crippen LogP contribution >= 0.6 is 11.6 Å². The number of nitro groups is 1. The summed E-state index contributed by atoms with van der Waals surface area (Å²) in [6.07, 6.45) is 0.801. The van der Waals surface area contributed by atoms with Crippen LogP contribution in [0.15, 0.2) is 36.5 Å². The maximum Gasteiger partial charge on any atom is 0.288 e. The van der Waals surface area contributed by atoms with Gasteiger partial charge in [0.15, 0.2) is 0 Å². The van der Waals surface area contributed by atoms with Crippen LogP contribution in [0.3, 0.4) is 0 Å². The minimum Gasteiger partial charge on any atom is -0.456 e. The molecule has 104 valence electrons. The number of hydrogen-bond donors (Lipinski definition) is 1. The number of aliphatic hydroxyl groups excluding tert-OH is 1. The van der Waals surface area contributed by atoms with Crippen molar-refractivity contribution in [1.29, 1.82) is 0 Å². The highest BCUT2D eigenvalue weighted by Crippen LogP contribution is 2.30. The Balaban J connectivity index is 2.17. The predicted octanol–water partition coefficient (Wildman–Crippen LogP) is 3.49. The van der Waals surface area contributed by atoms with Crippen molar-refractivity contribution in [3.8, 4) is 11.5 Å². The molecule has 2 rings (SSSR count). The summed E-state index contributed by atoms with van der Waals surface area (Å²) in [6.45, 7) is 1.61. The standard InChI is InChI=1S/C13H11ClN2O4/c1-8(17)12-4-2-10(7-15-12)20-9-3-5-13(16(18)19)11(14)6-9/h2-8,17H,1H3/t8-/m1/s1. The van der Waals surface area contributed by atoms with Crippen LogP contribution < -0.4 is 4.74 Å². The number of pyridine rings is 1. The molecular weight excluding hydrogens is 284 g/mol. The number of ether oxygens (including phenoxy) is 1. The molecule has 0 saturated carbocycles. The van der Waals surface area contributed by atoms with Gasteiger partial charge in [-0.2, -0.15) is 0 Å². The summed E-state index contributed by atoms with van der Waals surface area (Å²) in [5.74, 6) is 0.812. The largest absolute Gasteiger partial charge is 0.456 e. The molecule has 2 aromatic rings. The normalized spacial score (nSPS) is 11.9. The minimum atomic E-state index is -0.655. The first-order chi connectivity index (χ1) is 9.47. The van der Waals surface area contributed by atoms with Crippen molar-refractivity contribution < 1.29 is 14.8 Å². The summed E-state index contributed by atoms with van der Waals surface area (Å²) in [5, 5.41) is 20.0. The SMILES string of the molecule is C[C@@H](O)c1ccc(Oc2ccc([N+](=O)[O-])c(Cl)c2)cn1. The smallest absolute Gasteiger partial charge is 0.288 e. The summed E-state index contributed by atoms with van der Waals surface area (Å²) in [6, 6.07) is 7.36. The molecule has 0 fully saturated rings. The first-order valence-corrected chi connectivity index (χ1v) is 6.11. The van der Waals surface area contributed by atoms with E-state index in [2.05, 4.69) is 4.98 Å². The molecule has 0 radical (unpaired) electrons. The van der Waals surface area contributed by atoms with Gasteiger partial charge in [0, 0.05) is 12.1 Å². The molecule has 0 unspecified atom stereocenters. The first-order valence-electron chi connectivity index (χ1n) is 5.73. The Morgan fingerprint density at radius 3 is 2.55 bits per heavy atom. The van der Waals surface area contributed by atoms with Crippen LogP contribution in [-0.2, 0) is 0 Å². The van der Waals surface area contributed by atoms with E-state index in [4.69, 9.17) is 16.3 Å². The molecular formula is C13H11ClN2O4. The van der Waals surface area contributed by atoms with Crippen molar-refractivity contribution >= 4 is 17.3 Å². The Morgan fingerprint density at radius 1 is 1.35 bits per heavy atom. The quantitative estimate of drug-likeness (QED) is 0.689. The van der Waals surface area contributed by atoms with Crippen molar-refractivity contribution in [2.75, 3.05) is 0 Å². The summed E-state index contributed by atoms with van der Waals surface area (Å²) >= 11 is 5.79. The fourth-order valence-corrected chi connectivity index (χ4v) is 1.77. The van der Waals surface area contributed by atoms with E-state index >= 15 is 0 Å². The van der Waals surface area contributed by atoms with Crippen LogP contribution in [0, 0.1) is 10.1 Å². The molecule has 7 heteroatoms. The van der Waals surface area contributed by atoms with Crippen molar-refractivity contribution in [1.82, 2.24) is 4.98 Å². The zero-order valence-corrected chi connectivity index (χ0v) is 11.2. The van der Waals surface area contributed by atoms with Crippen LogP contribution in [0.5, 0.6) is 11.5 Å². The van der Waals surface area contributed by atoms with Crippen LogP contribution in [0.1, 0.15) is 18.7 Å². The molecule has 1 aromatic heterocycles. The molecule has 1 atom stereocenters. The van der Waals surface area contributed by atoms with Gasteiger partial charge in [0.1, 0.15) is 16.5 Å². The van der Waals surface area contributed by atoms with Gasteiger partial charge in [0.05, 0.1) is 22.9 Å². The molecule has 0 aliphatic carbocycles. The van der Waals surface area contributed by atoms with Crippen LogP contribution in [0.25, 0.3) is 0 Å². The van der Waals surface area contributed by atoms with Crippen molar-refractivity contribution in [3.05, 3.63) is 57.4 Å². The summed E-state index contributed by atoms with van der Waals surface area (Å²) < 4.78 is 5.48. The molecule has 0 spiro atoms. The number of nitrogens with zero attached hydrogens (tertiary/aromatic N) is 2. The topological polar surface area (TPSA) is 85.5 Å². The summed E-state index contributed by atoms with van der Waals surface area (Å²) in [7, 11) is 0. The van der Waals surface area contributed by atoms with Crippen LogP contribution in [0.4, 0.5) is 5.69 Å². The zero-order valence-electron chi connectivity index (χ0n) is 10.5. The number of hydrogen-bond acceptors (Lipinski definition) is 5. The van der Waals surface area contributed by atoms with Crippen molar-refractivity contribution in [2.24, 2.45) is 0 Å². The highest BCUT2D eigenvalue weighted by molar-refractivity contribution is 6.32. The maximum atomic E-state index is 10.6. The number of benzene rings is 1. The minimum absolute atomic E-state index is 0.000981. The van der Waals surface area contributed by atoms with Gasteiger partial charge in [-0.05, 0) is 25.1 Å². The van der Waals surface area contributed by atoms with Gasteiger partial charge in [0.2, 0.25) is 0 Å². The van der Waals surface area contributed by atoms with Gasteiger partial charge in [-0.15, -0.1) is 0 Å². The number of rotatable bonds is 4. The molecule has 0 aliphatic heterocycles. The Labute approximate surface area is 119 Å². The third-order valence-corrected chi connectivity index (χ3v) is 2.84. The molecule has 1 N–H and O–H groups in total. The first kappa shape index (κ1) is 14.2. The number of aliphatic hydroxyl groups is 1. The average molecular weight is 295 g/mol. The molecule has 0 aliphatic rings.